The summed E-state index contributed by atoms with van der Waals surface area (Å²) in [6, 6.07) is 13.0. The van der Waals surface area contributed by atoms with E-state index in [1.807, 2.05) is 0 Å². The highest BCUT2D eigenvalue weighted by atomic mass is 16.7. The van der Waals surface area contributed by atoms with E-state index < -0.39 is 42.6 Å². The molecule has 0 amide bonds. The zero-order valence-electron chi connectivity index (χ0n) is 17.2. The third-order valence-electron chi connectivity index (χ3n) is 5.44. The fourth-order valence-corrected chi connectivity index (χ4v) is 3.65. The lowest BCUT2D eigenvalue weighted by Gasteiger charge is -2.37. The number of aliphatic hydroxyl groups excluding tert-OH is 3. The number of carboxylic acids is 1. The first-order valence-corrected chi connectivity index (χ1v) is 9.96. The first-order chi connectivity index (χ1) is 15.7. The third-order valence-corrected chi connectivity index (χ3v) is 5.44. The second kappa shape index (κ2) is 8.75. The summed E-state index contributed by atoms with van der Waals surface area (Å²) in [7, 11) is 0. The highest BCUT2D eigenvalue weighted by molar-refractivity contribution is 6.02. The van der Waals surface area contributed by atoms with Crippen LogP contribution in [-0.2, 0) is 14.3 Å². The van der Waals surface area contributed by atoms with Gasteiger partial charge in [0.25, 0.3) is 0 Å². The number of aliphatic hydroxyl groups is 3. The Bertz CT molecular complexity index is 1270. The Morgan fingerprint density at radius 3 is 2.30 bits per heavy atom. The Hall–Kier alpha value is -3.57. The number of benzene rings is 2. The van der Waals surface area contributed by atoms with Crippen LogP contribution in [0.3, 0.4) is 0 Å². The summed E-state index contributed by atoms with van der Waals surface area (Å²) in [6.45, 7) is 1.60. The van der Waals surface area contributed by atoms with Gasteiger partial charge in [0.1, 0.15) is 29.6 Å². The first kappa shape index (κ1) is 22.6. The van der Waals surface area contributed by atoms with Gasteiger partial charge in [-0.2, -0.15) is 0 Å². The van der Waals surface area contributed by atoms with Crippen molar-refractivity contribution in [1.82, 2.24) is 0 Å². The largest absolute Gasteiger partial charge is 0.479 e. The molecule has 10 heteroatoms. The van der Waals surface area contributed by atoms with Crippen LogP contribution in [0.25, 0.3) is 22.3 Å². The molecule has 4 N–H and O–H groups in total. The zero-order chi connectivity index (χ0) is 23.9. The molecule has 2 heterocycles. The van der Waals surface area contributed by atoms with Crippen molar-refractivity contribution >= 4 is 22.9 Å². The minimum absolute atomic E-state index is 0.0716. The summed E-state index contributed by atoms with van der Waals surface area (Å²) >= 11 is 0. The third kappa shape index (κ3) is 4.00. The van der Waals surface area contributed by atoms with E-state index in [1.54, 1.807) is 37.3 Å². The highest BCUT2D eigenvalue weighted by Crippen LogP contribution is 2.29. The van der Waals surface area contributed by atoms with Gasteiger partial charge in [-0.1, -0.05) is 36.4 Å². The van der Waals surface area contributed by atoms with Crippen molar-refractivity contribution in [1.29, 1.82) is 0 Å². The van der Waals surface area contributed by atoms with E-state index in [0.717, 1.165) is 0 Å². The van der Waals surface area contributed by atoms with Crippen LogP contribution < -0.4 is 5.43 Å². The number of carbonyl (C=O) groups excluding carboxylic acids is 1. The maximum atomic E-state index is 12.9. The van der Waals surface area contributed by atoms with Gasteiger partial charge in [0.05, 0.1) is 5.39 Å². The standard InChI is InChI=1S/C23H20O10/c1-10-14(24)12-8-5-9-13(19(12)31-18(10)11-6-3-2-4-7-11)22(30)33-23-17(27)15(25)16(26)20(32-23)21(28)29/h2-9,15-17,20,23,25-27H,1H3,(H,28,29)/t15?,16-,17?,20?,23-/m0/s1. The average Bonchev–Trinajstić information content (AvgIpc) is 2.81. The molecule has 1 aliphatic heterocycles. The van der Waals surface area contributed by atoms with E-state index >= 15 is 0 Å². The van der Waals surface area contributed by atoms with E-state index in [4.69, 9.17) is 19.0 Å². The summed E-state index contributed by atoms with van der Waals surface area (Å²) in [5.74, 6) is -2.45. The molecule has 0 saturated carbocycles. The lowest BCUT2D eigenvalue weighted by atomic mass is 9.99. The van der Waals surface area contributed by atoms with Gasteiger partial charge in [0.2, 0.25) is 6.29 Å². The predicted molar refractivity (Wildman–Crippen MR) is 112 cm³/mol. The molecule has 0 radical (unpaired) electrons. The topological polar surface area (TPSA) is 164 Å². The lowest BCUT2D eigenvalue weighted by molar-refractivity contribution is -0.278. The molecule has 5 atom stereocenters. The van der Waals surface area contributed by atoms with Crippen molar-refractivity contribution in [2.75, 3.05) is 0 Å². The molecule has 1 fully saturated rings. The molecule has 0 aliphatic carbocycles. The number of carbonyl (C=O) groups is 2. The van der Waals surface area contributed by atoms with Gasteiger partial charge < -0.3 is 34.3 Å². The summed E-state index contributed by atoms with van der Waals surface area (Å²) in [5.41, 5.74) is 0.349. The Morgan fingerprint density at radius 1 is 0.939 bits per heavy atom. The van der Waals surface area contributed by atoms with Gasteiger partial charge in [-0.3, -0.25) is 4.79 Å². The normalized spacial score (nSPS) is 25.0. The van der Waals surface area contributed by atoms with Crippen LogP contribution in [0.4, 0.5) is 0 Å². The van der Waals surface area contributed by atoms with E-state index in [9.17, 15) is 29.7 Å². The molecule has 10 nitrogen and oxygen atoms in total. The van der Waals surface area contributed by atoms with Gasteiger partial charge in [-0.05, 0) is 19.1 Å². The van der Waals surface area contributed by atoms with Crippen molar-refractivity contribution < 1.29 is 43.9 Å². The molecular weight excluding hydrogens is 436 g/mol. The van der Waals surface area contributed by atoms with Crippen molar-refractivity contribution in [3.63, 3.8) is 0 Å². The molecule has 0 bridgehead atoms. The molecule has 33 heavy (non-hydrogen) atoms. The number of fused-ring (bicyclic) bond motifs is 1. The second-order valence-corrected chi connectivity index (χ2v) is 7.57. The average molecular weight is 456 g/mol. The first-order valence-electron chi connectivity index (χ1n) is 9.96. The van der Waals surface area contributed by atoms with Crippen LogP contribution >= 0.6 is 0 Å². The lowest BCUT2D eigenvalue weighted by Crippen LogP contribution is -2.60. The molecule has 1 aliphatic rings. The van der Waals surface area contributed by atoms with E-state index in [-0.39, 0.29) is 27.7 Å². The van der Waals surface area contributed by atoms with Gasteiger partial charge in [0.15, 0.2) is 17.1 Å². The molecule has 2 aromatic carbocycles. The van der Waals surface area contributed by atoms with Gasteiger partial charge in [-0.15, -0.1) is 0 Å². The summed E-state index contributed by atoms with van der Waals surface area (Å²) in [6.07, 6.45) is -9.60. The van der Waals surface area contributed by atoms with Crippen LogP contribution in [0.5, 0.6) is 0 Å². The van der Waals surface area contributed by atoms with Crippen LogP contribution in [0.2, 0.25) is 0 Å². The number of carboxylic acid groups (broad SMARTS) is 1. The van der Waals surface area contributed by atoms with Gasteiger partial charge in [0, 0.05) is 11.1 Å². The van der Waals surface area contributed by atoms with Crippen LogP contribution in [0.15, 0.2) is 57.7 Å². The smallest absolute Gasteiger partial charge is 0.344 e. The number of para-hydroxylation sites is 1. The number of hydrogen-bond donors (Lipinski definition) is 4. The minimum atomic E-state index is -1.93. The Kier molecular flexibility index (Phi) is 6.00. The molecule has 1 aromatic heterocycles. The summed E-state index contributed by atoms with van der Waals surface area (Å²) in [5, 5.41) is 39.1. The number of rotatable bonds is 4. The van der Waals surface area contributed by atoms with Crippen molar-refractivity contribution in [3.8, 4) is 11.3 Å². The number of hydrogen-bond acceptors (Lipinski definition) is 9. The number of esters is 1. The number of aliphatic carboxylic acids is 1. The molecule has 3 unspecified atom stereocenters. The van der Waals surface area contributed by atoms with Crippen molar-refractivity contribution in [2.24, 2.45) is 0 Å². The fraction of sp³-hybridized carbons (Fsp3) is 0.261. The van der Waals surface area contributed by atoms with Crippen LogP contribution in [0.1, 0.15) is 15.9 Å². The monoisotopic (exact) mass is 456 g/mol. The molecule has 4 rings (SSSR count). The van der Waals surface area contributed by atoms with Crippen molar-refractivity contribution in [2.45, 2.75) is 37.6 Å². The fourth-order valence-electron chi connectivity index (χ4n) is 3.65. The molecular formula is C23H20O10. The van der Waals surface area contributed by atoms with E-state index in [0.29, 0.717) is 11.1 Å². The van der Waals surface area contributed by atoms with Crippen molar-refractivity contribution in [3.05, 3.63) is 69.9 Å². The zero-order valence-corrected chi connectivity index (χ0v) is 17.2. The summed E-state index contributed by atoms with van der Waals surface area (Å²) in [4.78, 5) is 37.1. The Labute approximate surface area is 186 Å². The minimum Gasteiger partial charge on any atom is -0.479 e. The maximum Gasteiger partial charge on any atom is 0.344 e. The van der Waals surface area contributed by atoms with Crippen LogP contribution in [-0.4, -0.2) is 63.1 Å². The van der Waals surface area contributed by atoms with E-state index in [2.05, 4.69) is 0 Å². The Balaban J connectivity index is 1.74. The molecule has 3 aromatic rings. The summed E-state index contributed by atoms with van der Waals surface area (Å²) < 4.78 is 16.0. The number of ether oxygens (including phenoxy) is 2. The van der Waals surface area contributed by atoms with Gasteiger partial charge in [-0.25, -0.2) is 9.59 Å². The second-order valence-electron chi connectivity index (χ2n) is 7.57. The quantitative estimate of drug-likeness (QED) is 0.413. The Morgan fingerprint density at radius 2 is 1.64 bits per heavy atom. The predicted octanol–water partition coefficient (Wildman–Crippen LogP) is 0.817. The maximum absolute atomic E-state index is 12.9. The molecule has 1 saturated heterocycles. The highest BCUT2D eigenvalue weighted by Gasteiger charge is 2.48. The SMILES string of the molecule is Cc1c(-c2ccccc2)oc2c(C(=O)O[C@@H]3OC(C(=O)O)[C@@H](O)C(O)C3O)cccc2c1=O. The molecule has 172 valence electrons. The van der Waals surface area contributed by atoms with E-state index in [1.165, 1.54) is 18.2 Å². The van der Waals surface area contributed by atoms with Gasteiger partial charge >= 0.3 is 11.9 Å². The van der Waals surface area contributed by atoms with Crippen LogP contribution in [0, 0.1) is 6.92 Å². The molecule has 0 spiro atoms.